The third-order valence-electron chi connectivity index (χ3n) is 3.43. The molecule has 0 fully saturated rings. The van der Waals surface area contributed by atoms with Gasteiger partial charge in [-0.15, -0.1) is 11.3 Å². The van der Waals surface area contributed by atoms with Crippen LogP contribution in [0.25, 0.3) is 10.2 Å². The van der Waals surface area contributed by atoms with Crippen molar-refractivity contribution in [2.75, 3.05) is 24.2 Å². The van der Waals surface area contributed by atoms with E-state index in [1.807, 2.05) is 11.4 Å². The second-order valence-electron chi connectivity index (χ2n) is 5.16. The second-order valence-corrected chi connectivity index (χ2v) is 7.02. The number of benzene rings is 1. The van der Waals surface area contributed by atoms with Crippen LogP contribution in [0.4, 0.5) is 11.4 Å². The molecule has 0 spiro atoms. The third kappa shape index (κ3) is 4.46. The quantitative estimate of drug-likeness (QED) is 0.200. The van der Waals surface area contributed by atoms with Crippen LogP contribution in [0.5, 0.6) is 0 Å². The Morgan fingerprint density at radius 1 is 1.23 bits per heavy atom. The molecule has 8 nitrogen and oxygen atoms in total. The molecule has 0 aliphatic heterocycles. The normalized spacial score (nSPS) is 10.6. The maximum absolute atomic E-state index is 12.0. The zero-order valence-corrected chi connectivity index (χ0v) is 15.2. The van der Waals surface area contributed by atoms with Crippen LogP contribution in [0.15, 0.2) is 47.1 Å². The largest absolute Gasteiger partial charge is 0.378 e. The van der Waals surface area contributed by atoms with Crippen LogP contribution in [0.2, 0.25) is 0 Å². The Kier molecular flexibility index (Phi) is 5.97. The lowest BCUT2D eigenvalue weighted by molar-refractivity contribution is -0.384. The number of anilines is 1. The summed E-state index contributed by atoms with van der Waals surface area (Å²) in [6.07, 6.45) is 1.50. The molecular formula is C16H15N5O3S2. The molecule has 3 aromatic rings. The zero-order valence-electron chi connectivity index (χ0n) is 13.5. The number of nitrogens with one attached hydrogen (secondary N) is 2. The first-order chi connectivity index (χ1) is 12.6. The van der Waals surface area contributed by atoms with E-state index in [9.17, 15) is 14.9 Å². The number of nitrogens with zero attached hydrogens (tertiary/aromatic N) is 3. The minimum atomic E-state index is -0.440. The lowest BCUT2D eigenvalue weighted by Crippen LogP contribution is -2.30. The molecule has 0 bridgehead atoms. The summed E-state index contributed by atoms with van der Waals surface area (Å²) in [5, 5.41) is 20.4. The van der Waals surface area contributed by atoms with Gasteiger partial charge in [-0.3, -0.25) is 14.9 Å². The summed E-state index contributed by atoms with van der Waals surface area (Å²) in [6, 6.07) is 8.34. The molecule has 0 atom stereocenters. The maximum Gasteiger partial charge on any atom is 0.292 e. The Hall–Kier alpha value is -2.72. The molecule has 1 aromatic carbocycles. The number of hydrogen-bond donors (Lipinski definition) is 2. The van der Waals surface area contributed by atoms with Crippen molar-refractivity contribution >= 4 is 50.6 Å². The van der Waals surface area contributed by atoms with Crippen molar-refractivity contribution in [3.05, 3.63) is 52.2 Å². The van der Waals surface area contributed by atoms with Crippen LogP contribution in [-0.4, -0.2) is 39.6 Å². The summed E-state index contributed by atoms with van der Waals surface area (Å²) in [6.45, 7) is 0.757. The van der Waals surface area contributed by atoms with Gasteiger partial charge in [0.25, 0.3) is 5.69 Å². The van der Waals surface area contributed by atoms with Crippen LogP contribution < -0.4 is 10.6 Å². The van der Waals surface area contributed by atoms with Crippen molar-refractivity contribution in [1.82, 2.24) is 15.3 Å². The minimum absolute atomic E-state index is 0.0120. The van der Waals surface area contributed by atoms with Crippen LogP contribution in [-0.2, 0) is 4.79 Å². The standard InChI is InChI=1S/C16H15N5O3S2/c22-14(9-26-16-11-5-8-25-15(11)19-10-20-16)18-7-6-17-12-3-1-2-4-13(12)21(23)24/h1-5,8,10,17H,6-7,9H2,(H,18,22). The molecule has 0 saturated heterocycles. The van der Waals surface area contributed by atoms with Crippen molar-refractivity contribution in [1.29, 1.82) is 0 Å². The number of thiophene rings is 1. The van der Waals surface area contributed by atoms with Gasteiger partial charge in [0, 0.05) is 24.5 Å². The van der Waals surface area contributed by atoms with Gasteiger partial charge in [0.05, 0.1) is 10.7 Å². The molecule has 2 aromatic heterocycles. The highest BCUT2D eigenvalue weighted by molar-refractivity contribution is 8.00. The molecular weight excluding hydrogens is 374 g/mol. The average molecular weight is 389 g/mol. The Morgan fingerprint density at radius 2 is 2.08 bits per heavy atom. The number of amides is 1. The third-order valence-corrected chi connectivity index (χ3v) is 5.25. The van der Waals surface area contributed by atoms with Gasteiger partial charge >= 0.3 is 0 Å². The van der Waals surface area contributed by atoms with E-state index in [0.717, 1.165) is 15.2 Å². The van der Waals surface area contributed by atoms with E-state index in [0.29, 0.717) is 18.8 Å². The monoisotopic (exact) mass is 389 g/mol. The highest BCUT2D eigenvalue weighted by Crippen LogP contribution is 2.27. The van der Waals surface area contributed by atoms with Crippen LogP contribution >= 0.6 is 23.1 Å². The number of fused-ring (bicyclic) bond motifs is 1. The van der Waals surface area contributed by atoms with E-state index < -0.39 is 4.92 Å². The summed E-state index contributed by atoms with van der Waals surface area (Å²) in [7, 11) is 0. The fourth-order valence-electron chi connectivity index (χ4n) is 2.25. The van der Waals surface area contributed by atoms with Gasteiger partial charge < -0.3 is 10.6 Å². The first kappa shape index (κ1) is 18.1. The first-order valence-corrected chi connectivity index (χ1v) is 9.56. The van der Waals surface area contributed by atoms with Crippen LogP contribution in [0.3, 0.4) is 0 Å². The molecule has 0 unspecified atom stereocenters. The number of hydrogen-bond acceptors (Lipinski definition) is 8. The SMILES string of the molecule is O=C(CSc1ncnc2sccc12)NCCNc1ccccc1[N+](=O)[O-]. The Bertz CT molecular complexity index is 931. The van der Waals surface area contributed by atoms with Gasteiger partial charge in [0.15, 0.2) is 0 Å². The van der Waals surface area contributed by atoms with Crippen molar-refractivity contribution in [3.8, 4) is 0 Å². The predicted molar refractivity (Wildman–Crippen MR) is 103 cm³/mol. The van der Waals surface area contributed by atoms with E-state index >= 15 is 0 Å². The second kappa shape index (κ2) is 8.59. The number of nitro groups is 1. The summed E-state index contributed by atoms with van der Waals surface area (Å²) < 4.78 is 0. The number of carbonyl (C=O) groups excluding carboxylic acids is 1. The topological polar surface area (TPSA) is 110 Å². The van der Waals surface area contributed by atoms with E-state index in [1.54, 1.807) is 18.2 Å². The number of carbonyl (C=O) groups is 1. The van der Waals surface area contributed by atoms with Gasteiger partial charge in [-0.1, -0.05) is 23.9 Å². The zero-order chi connectivity index (χ0) is 18.4. The molecule has 2 heterocycles. The van der Waals surface area contributed by atoms with Crippen molar-refractivity contribution in [2.45, 2.75) is 5.03 Å². The average Bonchev–Trinajstić information content (AvgIpc) is 3.13. The number of aromatic nitrogens is 2. The molecule has 10 heteroatoms. The van der Waals surface area contributed by atoms with Gasteiger partial charge in [0.2, 0.25) is 5.91 Å². The Labute approximate surface area is 157 Å². The van der Waals surface area contributed by atoms with E-state index in [2.05, 4.69) is 20.6 Å². The molecule has 1 amide bonds. The summed E-state index contributed by atoms with van der Waals surface area (Å²) >= 11 is 2.89. The van der Waals surface area contributed by atoms with Crippen LogP contribution in [0.1, 0.15) is 0 Å². The van der Waals surface area contributed by atoms with Crippen molar-refractivity contribution in [3.63, 3.8) is 0 Å². The Morgan fingerprint density at radius 3 is 2.92 bits per heavy atom. The van der Waals surface area contributed by atoms with Crippen molar-refractivity contribution in [2.24, 2.45) is 0 Å². The lowest BCUT2D eigenvalue weighted by Gasteiger charge is -2.08. The predicted octanol–water partition coefficient (Wildman–Crippen LogP) is 2.92. The molecule has 2 N–H and O–H groups in total. The number of thioether (sulfide) groups is 1. The highest BCUT2D eigenvalue weighted by Gasteiger charge is 2.12. The minimum Gasteiger partial charge on any atom is -0.378 e. The van der Waals surface area contributed by atoms with Gasteiger partial charge in [-0.2, -0.15) is 0 Å². The maximum atomic E-state index is 12.0. The van der Waals surface area contributed by atoms with Gasteiger partial charge in [-0.05, 0) is 17.5 Å². The number of rotatable bonds is 8. The molecule has 3 rings (SSSR count). The van der Waals surface area contributed by atoms with Crippen molar-refractivity contribution < 1.29 is 9.72 Å². The molecule has 26 heavy (non-hydrogen) atoms. The summed E-state index contributed by atoms with van der Waals surface area (Å²) in [5.74, 6) is 0.120. The summed E-state index contributed by atoms with van der Waals surface area (Å²) in [4.78, 5) is 31.8. The molecule has 0 radical (unpaired) electrons. The highest BCUT2D eigenvalue weighted by atomic mass is 32.2. The van der Waals surface area contributed by atoms with E-state index in [1.165, 1.54) is 35.5 Å². The van der Waals surface area contributed by atoms with E-state index in [-0.39, 0.29) is 17.3 Å². The number of nitro benzene ring substituents is 1. The number of para-hydroxylation sites is 2. The fraction of sp³-hybridized carbons (Fsp3) is 0.188. The smallest absolute Gasteiger partial charge is 0.292 e. The lowest BCUT2D eigenvalue weighted by atomic mass is 10.2. The first-order valence-electron chi connectivity index (χ1n) is 7.70. The molecule has 134 valence electrons. The summed E-state index contributed by atoms with van der Waals surface area (Å²) in [5.41, 5.74) is 0.444. The van der Waals surface area contributed by atoms with Gasteiger partial charge in [0.1, 0.15) is 21.9 Å². The molecule has 0 saturated carbocycles. The Balaban J connectivity index is 1.44. The molecule has 0 aliphatic carbocycles. The van der Waals surface area contributed by atoms with Gasteiger partial charge in [-0.25, -0.2) is 9.97 Å². The van der Waals surface area contributed by atoms with E-state index in [4.69, 9.17) is 0 Å². The van der Waals surface area contributed by atoms with Crippen LogP contribution in [0, 0.1) is 10.1 Å². The molecule has 0 aliphatic rings. The fourth-order valence-corrected chi connectivity index (χ4v) is 3.86.